The van der Waals surface area contributed by atoms with Gasteiger partial charge in [0.05, 0.1) is 24.2 Å². The molecular formula is C15H13FN2O. The molecule has 1 aromatic carbocycles. The molecule has 2 aromatic rings. The molecule has 1 heterocycles. The smallest absolute Gasteiger partial charge is 0.132 e. The number of halogens is 1. The van der Waals surface area contributed by atoms with E-state index in [0.717, 1.165) is 0 Å². The Morgan fingerprint density at radius 3 is 2.63 bits per heavy atom. The van der Waals surface area contributed by atoms with Crippen molar-refractivity contribution in [3.63, 3.8) is 0 Å². The van der Waals surface area contributed by atoms with E-state index in [0.29, 0.717) is 22.7 Å². The van der Waals surface area contributed by atoms with Gasteiger partial charge in [0.15, 0.2) is 0 Å². The van der Waals surface area contributed by atoms with Gasteiger partial charge >= 0.3 is 0 Å². The van der Waals surface area contributed by atoms with Gasteiger partial charge in [-0.15, -0.1) is 6.42 Å². The van der Waals surface area contributed by atoms with Crippen molar-refractivity contribution < 1.29 is 9.13 Å². The van der Waals surface area contributed by atoms with Crippen LogP contribution in [0.25, 0.3) is 11.3 Å². The quantitative estimate of drug-likeness (QED) is 0.792. The number of terminal acetylenes is 1. The Labute approximate surface area is 111 Å². The van der Waals surface area contributed by atoms with Gasteiger partial charge in [-0.25, -0.2) is 9.37 Å². The Kier molecular flexibility index (Phi) is 3.76. The van der Waals surface area contributed by atoms with E-state index in [9.17, 15) is 4.39 Å². The van der Waals surface area contributed by atoms with Crippen LogP contribution in [0.2, 0.25) is 0 Å². The van der Waals surface area contributed by atoms with E-state index >= 15 is 0 Å². The molecule has 0 N–H and O–H groups in total. The molecule has 0 atom stereocenters. The third-order valence-electron chi connectivity index (χ3n) is 2.38. The highest BCUT2D eigenvalue weighted by Crippen LogP contribution is 2.29. The molecule has 2 rings (SSSR count). The highest BCUT2D eigenvalue weighted by molar-refractivity contribution is 5.66. The maximum atomic E-state index is 13.3. The molecule has 19 heavy (non-hydrogen) atoms. The zero-order valence-electron chi connectivity index (χ0n) is 10.7. The van der Waals surface area contributed by atoms with Crippen LogP contribution in [-0.2, 0) is 0 Å². The minimum absolute atomic E-state index is 0.0570. The second-order valence-corrected chi connectivity index (χ2v) is 4.24. The molecule has 0 saturated carbocycles. The van der Waals surface area contributed by atoms with E-state index in [-0.39, 0.29) is 11.9 Å². The van der Waals surface area contributed by atoms with Crippen molar-refractivity contribution in [3.8, 4) is 29.4 Å². The first-order valence-electron chi connectivity index (χ1n) is 5.85. The van der Waals surface area contributed by atoms with Gasteiger partial charge in [0.1, 0.15) is 17.3 Å². The van der Waals surface area contributed by atoms with Gasteiger partial charge in [0.2, 0.25) is 0 Å². The Morgan fingerprint density at radius 1 is 1.26 bits per heavy atom. The maximum Gasteiger partial charge on any atom is 0.132 e. The fraction of sp³-hybridized carbons (Fsp3) is 0.200. The largest absolute Gasteiger partial charge is 0.490 e. The van der Waals surface area contributed by atoms with Crippen molar-refractivity contribution >= 4 is 0 Å². The minimum atomic E-state index is -0.354. The second kappa shape index (κ2) is 5.49. The first kappa shape index (κ1) is 13.0. The van der Waals surface area contributed by atoms with Crippen LogP contribution in [0.4, 0.5) is 4.39 Å². The lowest BCUT2D eigenvalue weighted by molar-refractivity contribution is 0.242. The number of nitrogens with zero attached hydrogens (tertiary/aromatic N) is 2. The number of hydrogen-bond acceptors (Lipinski definition) is 3. The number of aromatic nitrogens is 2. The fourth-order valence-electron chi connectivity index (χ4n) is 1.60. The van der Waals surface area contributed by atoms with E-state index in [1.54, 1.807) is 12.3 Å². The number of ether oxygens (including phenoxy) is 1. The highest BCUT2D eigenvalue weighted by Gasteiger charge is 2.11. The second-order valence-electron chi connectivity index (χ2n) is 4.24. The van der Waals surface area contributed by atoms with Crippen LogP contribution in [0.3, 0.4) is 0 Å². The Morgan fingerprint density at radius 2 is 2.05 bits per heavy atom. The average molecular weight is 256 g/mol. The zero-order chi connectivity index (χ0) is 13.8. The first-order valence-corrected chi connectivity index (χ1v) is 5.85. The van der Waals surface area contributed by atoms with Crippen molar-refractivity contribution in [2.45, 2.75) is 20.0 Å². The van der Waals surface area contributed by atoms with Crippen molar-refractivity contribution in [2.24, 2.45) is 0 Å². The van der Waals surface area contributed by atoms with Crippen LogP contribution in [0.5, 0.6) is 5.75 Å². The van der Waals surface area contributed by atoms with E-state index in [1.165, 1.54) is 18.3 Å². The average Bonchev–Trinajstić information content (AvgIpc) is 2.38. The van der Waals surface area contributed by atoms with Gasteiger partial charge in [0.25, 0.3) is 0 Å². The van der Waals surface area contributed by atoms with Crippen molar-refractivity contribution in [3.05, 3.63) is 42.1 Å². The molecule has 0 saturated heterocycles. The summed E-state index contributed by atoms with van der Waals surface area (Å²) in [6.07, 6.45) is 8.22. The first-order chi connectivity index (χ1) is 9.10. The summed E-state index contributed by atoms with van der Waals surface area (Å²) < 4.78 is 18.9. The summed E-state index contributed by atoms with van der Waals surface area (Å²) in [5.74, 6) is 2.49. The molecule has 0 radical (unpaired) electrons. The van der Waals surface area contributed by atoms with Gasteiger partial charge in [-0.3, -0.25) is 4.98 Å². The van der Waals surface area contributed by atoms with Gasteiger partial charge < -0.3 is 4.74 Å². The lowest BCUT2D eigenvalue weighted by Gasteiger charge is -2.13. The van der Waals surface area contributed by atoms with Crippen molar-refractivity contribution in [1.82, 2.24) is 9.97 Å². The summed E-state index contributed by atoms with van der Waals surface area (Å²) in [5, 5.41) is 0. The summed E-state index contributed by atoms with van der Waals surface area (Å²) in [5.41, 5.74) is 1.73. The third-order valence-corrected chi connectivity index (χ3v) is 2.38. The Bertz CT molecular complexity index is 615. The molecule has 0 bridgehead atoms. The van der Waals surface area contributed by atoms with Crippen LogP contribution in [0.1, 0.15) is 19.5 Å². The summed E-state index contributed by atoms with van der Waals surface area (Å²) in [7, 11) is 0. The molecular weight excluding hydrogens is 243 g/mol. The summed E-state index contributed by atoms with van der Waals surface area (Å²) in [6, 6.07) is 4.32. The molecule has 0 fully saturated rings. The normalized spacial score (nSPS) is 10.3. The molecule has 0 spiro atoms. The van der Waals surface area contributed by atoms with E-state index in [2.05, 4.69) is 15.9 Å². The summed E-state index contributed by atoms with van der Waals surface area (Å²) >= 11 is 0. The summed E-state index contributed by atoms with van der Waals surface area (Å²) in [4.78, 5) is 8.28. The maximum absolute atomic E-state index is 13.3. The SMILES string of the molecule is C#Cc1cnc(-c2ccc(F)cc2OC(C)C)cn1. The molecule has 0 aliphatic rings. The topological polar surface area (TPSA) is 35.0 Å². The zero-order valence-corrected chi connectivity index (χ0v) is 10.7. The van der Waals surface area contributed by atoms with Crippen LogP contribution in [0.15, 0.2) is 30.6 Å². The van der Waals surface area contributed by atoms with Gasteiger partial charge in [-0.2, -0.15) is 0 Å². The fourth-order valence-corrected chi connectivity index (χ4v) is 1.60. The van der Waals surface area contributed by atoms with Crippen LogP contribution in [0, 0.1) is 18.2 Å². The number of hydrogen-bond donors (Lipinski definition) is 0. The lowest BCUT2D eigenvalue weighted by Crippen LogP contribution is -2.07. The number of rotatable bonds is 3. The van der Waals surface area contributed by atoms with Crippen molar-refractivity contribution in [2.75, 3.05) is 0 Å². The van der Waals surface area contributed by atoms with Gasteiger partial charge in [0, 0.05) is 11.6 Å². The predicted molar refractivity (Wildman–Crippen MR) is 71.1 cm³/mol. The van der Waals surface area contributed by atoms with E-state index in [1.807, 2.05) is 13.8 Å². The Balaban J connectivity index is 2.45. The number of benzene rings is 1. The van der Waals surface area contributed by atoms with E-state index < -0.39 is 0 Å². The lowest BCUT2D eigenvalue weighted by atomic mass is 10.1. The third kappa shape index (κ3) is 3.08. The van der Waals surface area contributed by atoms with Crippen LogP contribution in [-0.4, -0.2) is 16.1 Å². The molecule has 0 aliphatic carbocycles. The molecule has 0 unspecified atom stereocenters. The molecule has 3 nitrogen and oxygen atoms in total. The van der Waals surface area contributed by atoms with E-state index in [4.69, 9.17) is 11.2 Å². The highest BCUT2D eigenvalue weighted by atomic mass is 19.1. The molecule has 1 aromatic heterocycles. The van der Waals surface area contributed by atoms with Gasteiger partial charge in [-0.05, 0) is 31.9 Å². The molecule has 0 amide bonds. The van der Waals surface area contributed by atoms with Gasteiger partial charge in [-0.1, -0.05) is 0 Å². The molecule has 0 aliphatic heterocycles. The van der Waals surface area contributed by atoms with Crippen molar-refractivity contribution in [1.29, 1.82) is 0 Å². The van der Waals surface area contributed by atoms with Crippen LogP contribution < -0.4 is 4.74 Å². The molecule has 4 heteroatoms. The minimum Gasteiger partial charge on any atom is -0.490 e. The standard InChI is InChI=1S/C15H13FN2O/c1-4-12-8-18-14(9-17-12)13-6-5-11(16)7-15(13)19-10(2)3/h1,5-10H,2-3H3. The molecule has 96 valence electrons. The Hall–Kier alpha value is -2.41. The predicted octanol–water partition coefficient (Wildman–Crippen LogP) is 3.05. The monoisotopic (exact) mass is 256 g/mol. The van der Waals surface area contributed by atoms with Crippen LogP contribution >= 0.6 is 0 Å². The summed E-state index contributed by atoms with van der Waals surface area (Å²) in [6.45, 7) is 3.75.